The van der Waals surface area contributed by atoms with Gasteiger partial charge in [0.2, 0.25) is 5.52 Å². The van der Waals surface area contributed by atoms with E-state index in [0.717, 1.165) is 19.4 Å². The molecule has 0 radical (unpaired) electrons. The molecule has 0 unspecified atom stereocenters. The predicted molar refractivity (Wildman–Crippen MR) is 72.7 cm³/mol. The van der Waals surface area contributed by atoms with Crippen molar-refractivity contribution in [2.45, 2.75) is 19.8 Å². The molecule has 8 heteroatoms. The number of nitro groups is 1. The fraction of sp³-hybridized carbons (Fsp3) is 0.500. The number of fused-ring (bicyclic) bond motifs is 1. The molecule has 0 bridgehead atoms. The van der Waals surface area contributed by atoms with Gasteiger partial charge in [0.15, 0.2) is 5.52 Å². The molecule has 0 saturated heterocycles. The molecule has 1 aromatic heterocycles. The maximum absolute atomic E-state index is 10.8. The monoisotopic (exact) mass is 280 g/mol. The first-order valence-electron chi connectivity index (χ1n) is 6.45. The Morgan fingerprint density at radius 3 is 2.90 bits per heavy atom. The quantitative estimate of drug-likeness (QED) is 0.449. The molecule has 2 rings (SSSR count). The van der Waals surface area contributed by atoms with Crippen LogP contribution < -0.4 is 5.32 Å². The summed E-state index contributed by atoms with van der Waals surface area (Å²) in [6, 6.07) is 3.00. The maximum Gasteiger partial charge on any atom is 0.300 e. The first-order valence-corrected chi connectivity index (χ1v) is 6.45. The van der Waals surface area contributed by atoms with Gasteiger partial charge >= 0.3 is 5.69 Å². The third kappa shape index (κ3) is 3.21. The Labute approximate surface area is 115 Å². The lowest BCUT2D eigenvalue weighted by atomic mass is 10.2. The van der Waals surface area contributed by atoms with Gasteiger partial charge in [0, 0.05) is 25.8 Å². The number of non-ortho nitro benzene ring substituents is 1. The molecule has 0 aliphatic carbocycles. The molecule has 0 spiro atoms. The Morgan fingerprint density at radius 1 is 1.35 bits per heavy atom. The SMILES string of the molecule is CCCOCCCNc1ccc([N+](=O)[O-])c2nonc12. The van der Waals surface area contributed by atoms with Gasteiger partial charge in [-0.15, -0.1) is 0 Å². The van der Waals surface area contributed by atoms with Gasteiger partial charge in [0.05, 0.1) is 10.6 Å². The Bertz CT molecular complexity index is 584. The van der Waals surface area contributed by atoms with E-state index in [-0.39, 0.29) is 11.2 Å². The van der Waals surface area contributed by atoms with Gasteiger partial charge in [-0.1, -0.05) is 6.92 Å². The zero-order valence-corrected chi connectivity index (χ0v) is 11.2. The van der Waals surface area contributed by atoms with Gasteiger partial charge in [-0.25, -0.2) is 4.63 Å². The molecule has 108 valence electrons. The average Bonchev–Trinajstić information content (AvgIpc) is 2.91. The molecule has 0 aliphatic rings. The van der Waals surface area contributed by atoms with E-state index in [1.54, 1.807) is 6.07 Å². The van der Waals surface area contributed by atoms with Crippen molar-refractivity contribution < 1.29 is 14.3 Å². The van der Waals surface area contributed by atoms with Gasteiger partial charge in [0.1, 0.15) is 0 Å². The molecule has 1 heterocycles. The van der Waals surface area contributed by atoms with E-state index < -0.39 is 4.92 Å². The van der Waals surface area contributed by atoms with Crippen LogP contribution >= 0.6 is 0 Å². The van der Waals surface area contributed by atoms with Crippen LogP contribution in [0.5, 0.6) is 0 Å². The summed E-state index contributed by atoms with van der Waals surface area (Å²) in [4.78, 5) is 10.3. The molecule has 0 atom stereocenters. The lowest BCUT2D eigenvalue weighted by Crippen LogP contribution is -2.06. The van der Waals surface area contributed by atoms with Crippen LogP contribution in [0.25, 0.3) is 11.0 Å². The van der Waals surface area contributed by atoms with Crippen molar-refractivity contribution in [3.63, 3.8) is 0 Å². The number of anilines is 1. The highest BCUT2D eigenvalue weighted by molar-refractivity contribution is 5.93. The molecule has 2 aromatic rings. The summed E-state index contributed by atoms with van der Waals surface area (Å²) in [5.74, 6) is 0. The van der Waals surface area contributed by atoms with Crippen molar-refractivity contribution >= 4 is 22.4 Å². The van der Waals surface area contributed by atoms with Crippen molar-refractivity contribution in [2.75, 3.05) is 25.1 Å². The molecule has 1 N–H and O–H groups in total. The molecule has 1 aromatic carbocycles. The second-order valence-corrected chi connectivity index (χ2v) is 4.24. The Morgan fingerprint density at radius 2 is 2.15 bits per heavy atom. The molecule has 20 heavy (non-hydrogen) atoms. The lowest BCUT2D eigenvalue weighted by Gasteiger charge is -2.06. The normalized spacial score (nSPS) is 10.8. The van der Waals surface area contributed by atoms with Crippen LogP contribution in [0.2, 0.25) is 0 Å². The van der Waals surface area contributed by atoms with Gasteiger partial charge in [-0.3, -0.25) is 10.1 Å². The standard InChI is InChI=1S/C12H16N4O4/c1-2-7-19-8-3-6-13-9-4-5-10(16(17)18)12-11(9)14-20-15-12/h4-5,13H,2-3,6-8H2,1H3. The highest BCUT2D eigenvalue weighted by Gasteiger charge is 2.19. The number of nitrogens with zero attached hydrogens (tertiary/aromatic N) is 3. The molecular weight excluding hydrogens is 264 g/mol. The van der Waals surface area contributed by atoms with Crippen LogP contribution in [0.15, 0.2) is 16.8 Å². The predicted octanol–water partition coefficient (Wildman–Crippen LogP) is 2.36. The second kappa shape index (κ2) is 6.80. The summed E-state index contributed by atoms with van der Waals surface area (Å²) < 4.78 is 9.95. The highest BCUT2D eigenvalue weighted by Crippen LogP contribution is 2.28. The number of hydrogen-bond donors (Lipinski definition) is 1. The minimum Gasteiger partial charge on any atom is -0.383 e. The van der Waals surface area contributed by atoms with Gasteiger partial charge in [0.25, 0.3) is 0 Å². The van der Waals surface area contributed by atoms with E-state index in [4.69, 9.17) is 4.74 Å². The number of ether oxygens (including phenoxy) is 1. The van der Waals surface area contributed by atoms with E-state index in [0.29, 0.717) is 24.4 Å². The molecule has 0 amide bonds. The van der Waals surface area contributed by atoms with E-state index in [1.165, 1.54) is 6.07 Å². The number of nitro benzene ring substituents is 1. The van der Waals surface area contributed by atoms with Crippen molar-refractivity contribution in [1.82, 2.24) is 10.3 Å². The minimum absolute atomic E-state index is 0.113. The summed E-state index contributed by atoms with van der Waals surface area (Å²) >= 11 is 0. The molecule has 0 fully saturated rings. The largest absolute Gasteiger partial charge is 0.383 e. The van der Waals surface area contributed by atoms with Crippen LogP contribution in [0.4, 0.5) is 11.4 Å². The van der Waals surface area contributed by atoms with E-state index in [2.05, 4.69) is 27.2 Å². The molecule has 0 aliphatic heterocycles. The number of aromatic nitrogens is 2. The van der Waals surface area contributed by atoms with Crippen LogP contribution in [0.1, 0.15) is 19.8 Å². The van der Waals surface area contributed by atoms with Crippen LogP contribution in [-0.2, 0) is 4.74 Å². The van der Waals surface area contributed by atoms with Crippen molar-refractivity contribution in [3.8, 4) is 0 Å². The Hall–Kier alpha value is -2.22. The summed E-state index contributed by atoms with van der Waals surface area (Å²) in [5, 5.41) is 21.3. The first kappa shape index (κ1) is 14.2. The number of nitrogens with one attached hydrogen (secondary N) is 1. The maximum atomic E-state index is 10.8. The fourth-order valence-corrected chi connectivity index (χ4v) is 1.79. The van der Waals surface area contributed by atoms with Crippen LogP contribution in [0, 0.1) is 10.1 Å². The topological polar surface area (TPSA) is 103 Å². The first-order chi connectivity index (χ1) is 9.74. The zero-order chi connectivity index (χ0) is 14.4. The third-order valence-electron chi connectivity index (χ3n) is 2.72. The van der Waals surface area contributed by atoms with Gasteiger partial charge < -0.3 is 10.1 Å². The minimum atomic E-state index is -0.505. The zero-order valence-electron chi connectivity index (χ0n) is 11.2. The highest BCUT2D eigenvalue weighted by atomic mass is 16.6. The van der Waals surface area contributed by atoms with Crippen molar-refractivity contribution in [3.05, 3.63) is 22.2 Å². The number of rotatable bonds is 8. The number of benzene rings is 1. The fourth-order valence-electron chi connectivity index (χ4n) is 1.79. The third-order valence-corrected chi connectivity index (χ3v) is 2.72. The van der Waals surface area contributed by atoms with Gasteiger partial charge in [-0.05, 0) is 29.2 Å². The van der Waals surface area contributed by atoms with E-state index in [1.807, 2.05) is 0 Å². The van der Waals surface area contributed by atoms with E-state index in [9.17, 15) is 10.1 Å². The molecule has 0 saturated carbocycles. The summed E-state index contributed by atoms with van der Waals surface area (Å²) in [5.41, 5.74) is 1.08. The number of hydrogen-bond acceptors (Lipinski definition) is 7. The average molecular weight is 280 g/mol. The summed E-state index contributed by atoms with van der Waals surface area (Å²) in [6.07, 6.45) is 1.84. The lowest BCUT2D eigenvalue weighted by molar-refractivity contribution is -0.383. The van der Waals surface area contributed by atoms with Crippen molar-refractivity contribution in [2.24, 2.45) is 0 Å². The van der Waals surface area contributed by atoms with E-state index >= 15 is 0 Å². The van der Waals surface area contributed by atoms with Crippen molar-refractivity contribution in [1.29, 1.82) is 0 Å². The molecular formula is C12H16N4O4. The Kier molecular flexibility index (Phi) is 4.83. The second-order valence-electron chi connectivity index (χ2n) is 4.24. The smallest absolute Gasteiger partial charge is 0.300 e. The Balaban J connectivity index is 1.99. The van der Waals surface area contributed by atoms with Crippen LogP contribution in [0.3, 0.4) is 0 Å². The van der Waals surface area contributed by atoms with Gasteiger partial charge in [-0.2, -0.15) is 0 Å². The molecule has 8 nitrogen and oxygen atoms in total. The summed E-state index contributed by atoms with van der Waals surface area (Å²) in [7, 11) is 0. The summed E-state index contributed by atoms with van der Waals surface area (Å²) in [6.45, 7) is 4.18. The van der Waals surface area contributed by atoms with Crippen LogP contribution in [-0.4, -0.2) is 35.0 Å².